The predicted molar refractivity (Wildman–Crippen MR) is 103 cm³/mol. The van der Waals surface area contributed by atoms with E-state index in [0.29, 0.717) is 37.4 Å². The van der Waals surface area contributed by atoms with E-state index in [2.05, 4.69) is 20.4 Å². The van der Waals surface area contributed by atoms with Crippen molar-refractivity contribution in [3.05, 3.63) is 46.0 Å². The number of carbonyl (C=O) groups excluding carboxylic acids is 1. The number of nitrogens with zero attached hydrogens (tertiary/aromatic N) is 3. The van der Waals surface area contributed by atoms with Crippen LogP contribution in [0.15, 0.2) is 18.2 Å². The molecule has 0 atom stereocenters. The zero-order valence-electron chi connectivity index (χ0n) is 15.2. The molecule has 0 saturated carbocycles. The maximum atomic E-state index is 12.1. The van der Waals surface area contributed by atoms with Gasteiger partial charge in [0.2, 0.25) is 5.91 Å². The van der Waals surface area contributed by atoms with Crippen LogP contribution in [0.4, 0.5) is 0 Å². The molecule has 142 valence electrons. The van der Waals surface area contributed by atoms with Crippen LogP contribution in [0.25, 0.3) is 11.0 Å². The Kier molecular flexibility index (Phi) is 5.13. The number of carbonyl (C=O) groups is 1. The third-order valence-electron chi connectivity index (χ3n) is 4.85. The third-order valence-corrected chi connectivity index (χ3v) is 5.09. The highest BCUT2D eigenvalue weighted by Gasteiger charge is 2.19. The van der Waals surface area contributed by atoms with Gasteiger partial charge in [-0.2, -0.15) is 5.10 Å². The summed E-state index contributed by atoms with van der Waals surface area (Å²) in [6.45, 7) is 1.93. The molecule has 0 aliphatic carbocycles. The number of benzene rings is 1. The second-order valence-electron chi connectivity index (χ2n) is 6.74. The number of nitrogens with one attached hydrogen (secondary N) is 2. The van der Waals surface area contributed by atoms with Gasteiger partial charge < -0.3 is 15.0 Å². The highest BCUT2D eigenvalue weighted by atomic mass is 35.5. The van der Waals surface area contributed by atoms with Crippen molar-refractivity contribution in [3.63, 3.8) is 0 Å². The van der Waals surface area contributed by atoms with Crippen LogP contribution in [0, 0.1) is 0 Å². The van der Waals surface area contributed by atoms with Crippen molar-refractivity contribution in [2.75, 3.05) is 13.2 Å². The minimum absolute atomic E-state index is 0.00883. The number of imidazole rings is 1. The molecular weight excluding hydrogens is 366 g/mol. The zero-order valence-corrected chi connectivity index (χ0v) is 16.0. The van der Waals surface area contributed by atoms with Crippen LogP contribution in [0.2, 0.25) is 5.02 Å². The Bertz CT molecular complexity index is 978. The van der Waals surface area contributed by atoms with Crippen molar-refractivity contribution in [1.29, 1.82) is 0 Å². The molecule has 0 spiro atoms. The average molecular weight is 388 g/mol. The molecule has 3 aromatic rings. The lowest BCUT2D eigenvalue weighted by atomic mass is 10.1. The molecular formula is C19H22ClN5O2. The number of H-pyrrole nitrogens is 1. The van der Waals surface area contributed by atoms with Gasteiger partial charge in [-0.25, -0.2) is 4.98 Å². The fourth-order valence-corrected chi connectivity index (χ4v) is 3.65. The van der Waals surface area contributed by atoms with Crippen molar-refractivity contribution in [2.45, 2.75) is 32.3 Å². The molecule has 27 heavy (non-hydrogen) atoms. The van der Waals surface area contributed by atoms with E-state index in [-0.39, 0.29) is 5.91 Å². The summed E-state index contributed by atoms with van der Waals surface area (Å²) in [6, 6.07) is 5.52. The molecule has 0 unspecified atom stereocenters. The van der Waals surface area contributed by atoms with E-state index in [4.69, 9.17) is 16.3 Å². The van der Waals surface area contributed by atoms with Crippen LogP contribution in [-0.4, -0.2) is 38.8 Å². The Balaban J connectivity index is 1.27. The summed E-state index contributed by atoms with van der Waals surface area (Å²) < 4.78 is 7.47. The molecule has 1 aliphatic heterocycles. The Morgan fingerprint density at radius 3 is 3.19 bits per heavy atom. The Morgan fingerprint density at radius 1 is 1.41 bits per heavy atom. The highest BCUT2D eigenvalue weighted by molar-refractivity contribution is 6.31. The molecule has 0 bridgehead atoms. The van der Waals surface area contributed by atoms with Crippen molar-refractivity contribution in [1.82, 2.24) is 25.1 Å². The summed E-state index contributed by atoms with van der Waals surface area (Å²) in [7, 11) is 1.97. The standard InChI is InChI=1S/C19H22ClN5O2/c1-25-17-7-9-27-11-13(17)14(24-25)6-8-21-19(26)5-4-18-22-15-3-2-12(20)10-16(15)23-18/h2-3,10H,4-9,11H2,1H3,(H,21,26)(H,22,23). The SMILES string of the molecule is Cn1nc(CCNC(=O)CCc2nc3ccc(Cl)cc3[nH]2)c2c1CCOC2. The monoisotopic (exact) mass is 387 g/mol. The Labute approximate surface area is 162 Å². The number of aromatic amines is 1. The van der Waals surface area contributed by atoms with Gasteiger partial charge in [0.05, 0.1) is 29.9 Å². The number of halogens is 1. The van der Waals surface area contributed by atoms with Gasteiger partial charge in [0.15, 0.2) is 0 Å². The van der Waals surface area contributed by atoms with Gasteiger partial charge in [-0.15, -0.1) is 0 Å². The number of amides is 1. The first kappa shape index (κ1) is 18.0. The maximum Gasteiger partial charge on any atom is 0.220 e. The van der Waals surface area contributed by atoms with Crippen LogP contribution in [-0.2, 0) is 42.4 Å². The summed E-state index contributed by atoms with van der Waals surface area (Å²) in [4.78, 5) is 19.8. The Hall–Kier alpha value is -2.38. The largest absolute Gasteiger partial charge is 0.376 e. The quantitative estimate of drug-likeness (QED) is 0.679. The summed E-state index contributed by atoms with van der Waals surface area (Å²) in [5, 5.41) is 8.21. The number of aryl methyl sites for hydroxylation is 2. The molecule has 4 rings (SSSR count). The van der Waals surface area contributed by atoms with E-state index >= 15 is 0 Å². The van der Waals surface area contributed by atoms with Crippen LogP contribution in [0.1, 0.15) is 29.2 Å². The summed E-state index contributed by atoms with van der Waals surface area (Å²) >= 11 is 5.98. The van der Waals surface area contributed by atoms with E-state index in [1.165, 1.54) is 11.3 Å². The minimum atomic E-state index is 0.00883. The lowest BCUT2D eigenvalue weighted by molar-refractivity contribution is -0.121. The summed E-state index contributed by atoms with van der Waals surface area (Å²) in [5.74, 6) is 0.799. The van der Waals surface area contributed by atoms with Crippen molar-refractivity contribution in [3.8, 4) is 0 Å². The molecule has 0 saturated heterocycles. The number of hydrogen-bond donors (Lipinski definition) is 2. The molecule has 0 radical (unpaired) electrons. The molecule has 3 heterocycles. The van der Waals surface area contributed by atoms with Crippen molar-refractivity contribution < 1.29 is 9.53 Å². The van der Waals surface area contributed by atoms with E-state index < -0.39 is 0 Å². The van der Waals surface area contributed by atoms with E-state index in [9.17, 15) is 4.79 Å². The fraction of sp³-hybridized carbons (Fsp3) is 0.421. The van der Waals surface area contributed by atoms with Crippen molar-refractivity contribution in [2.24, 2.45) is 7.05 Å². The second-order valence-corrected chi connectivity index (χ2v) is 7.18. The molecule has 1 amide bonds. The first-order valence-electron chi connectivity index (χ1n) is 9.12. The predicted octanol–water partition coefficient (Wildman–Crippen LogP) is 2.31. The van der Waals surface area contributed by atoms with E-state index in [0.717, 1.165) is 35.6 Å². The topological polar surface area (TPSA) is 84.8 Å². The van der Waals surface area contributed by atoms with Crippen LogP contribution >= 0.6 is 11.6 Å². The number of hydrogen-bond acceptors (Lipinski definition) is 4. The zero-order chi connectivity index (χ0) is 18.8. The minimum Gasteiger partial charge on any atom is -0.376 e. The fourth-order valence-electron chi connectivity index (χ4n) is 3.48. The van der Waals surface area contributed by atoms with Gasteiger partial charge in [-0.05, 0) is 18.2 Å². The van der Waals surface area contributed by atoms with Crippen LogP contribution < -0.4 is 5.32 Å². The van der Waals surface area contributed by atoms with Crippen LogP contribution in [0.3, 0.4) is 0 Å². The molecule has 2 aromatic heterocycles. The van der Waals surface area contributed by atoms with Gasteiger partial charge >= 0.3 is 0 Å². The van der Waals surface area contributed by atoms with Gasteiger partial charge in [0, 0.05) is 55.6 Å². The van der Waals surface area contributed by atoms with Crippen molar-refractivity contribution >= 4 is 28.5 Å². The highest BCUT2D eigenvalue weighted by Crippen LogP contribution is 2.20. The smallest absolute Gasteiger partial charge is 0.220 e. The molecule has 1 aliphatic rings. The van der Waals surface area contributed by atoms with Gasteiger partial charge in [-0.3, -0.25) is 9.48 Å². The van der Waals surface area contributed by atoms with E-state index in [1.54, 1.807) is 0 Å². The second kappa shape index (κ2) is 7.70. The normalized spacial score (nSPS) is 13.7. The lowest BCUT2D eigenvalue weighted by Gasteiger charge is -2.13. The summed E-state index contributed by atoms with van der Waals surface area (Å²) in [5.41, 5.74) is 5.19. The first-order chi connectivity index (χ1) is 13.1. The number of ether oxygens (including phenoxy) is 1. The average Bonchev–Trinajstić information content (AvgIpc) is 3.21. The van der Waals surface area contributed by atoms with Gasteiger partial charge in [0.25, 0.3) is 0 Å². The van der Waals surface area contributed by atoms with Gasteiger partial charge in [0.1, 0.15) is 5.82 Å². The molecule has 7 nitrogen and oxygen atoms in total. The Morgan fingerprint density at radius 2 is 2.30 bits per heavy atom. The van der Waals surface area contributed by atoms with Crippen LogP contribution in [0.5, 0.6) is 0 Å². The van der Waals surface area contributed by atoms with E-state index in [1.807, 2.05) is 29.9 Å². The molecule has 1 aromatic carbocycles. The molecule has 8 heteroatoms. The summed E-state index contributed by atoms with van der Waals surface area (Å²) in [6.07, 6.45) is 2.55. The number of fused-ring (bicyclic) bond motifs is 2. The molecule has 0 fully saturated rings. The lowest BCUT2D eigenvalue weighted by Crippen LogP contribution is -2.26. The number of aromatic nitrogens is 4. The molecule has 2 N–H and O–H groups in total. The maximum absolute atomic E-state index is 12.1. The third kappa shape index (κ3) is 3.99. The number of rotatable bonds is 6. The van der Waals surface area contributed by atoms with Gasteiger partial charge in [-0.1, -0.05) is 11.6 Å². The first-order valence-corrected chi connectivity index (χ1v) is 9.50.